The number of carbonyl (C=O) groups excluding carboxylic acids is 1. The topological polar surface area (TPSA) is 126 Å². The van der Waals surface area contributed by atoms with Crippen molar-refractivity contribution in [2.45, 2.75) is 9.79 Å². The lowest BCUT2D eigenvalue weighted by molar-refractivity contribution is 0.103. The molecule has 7 nitrogen and oxygen atoms in total. The number of hydrogen-bond donors (Lipinski definition) is 2. The van der Waals surface area contributed by atoms with Gasteiger partial charge in [0.05, 0.1) is 0 Å². The summed E-state index contributed by atoms with van der Waals surface area (Å²) in [5.41, 5.74) is -0.811. The third kappa shape index (κ3) is 3.64. The molecule has 2 aromatic rings. The molecule has 0 bridgehead atoms. The van der Waals surface area contributed by atoms with Gasteiger partial charge in [-0.15, -0.1) is 0 Å². The van der Waals surface area contributed by atoms with Crippen molar-refractivity contribution in [1.29, 1.82) is 0 Å². The fourth-order valence-electron chi connectivity index (χ4n) is 1.85. The van der Waals surface area contributed by atoms with Gasteiger partial charge in [0.2, 0.25) is 0 Å². The van der Waals surface area contributed by atoms with E-state index in [1.165, 1.54) is 0 Å². The molecule has 0 fully saturated rings. The highest BCUT2D eigenvalue weighted by Gasteiger charge is 2.28. The monoisotopic (exact) mass is 378 g/mol. The molecule has 24 heavy (non-hydrogen) atoms. The zero-order chi connectivity index (χ0) is 18.3. The molecule has 0 amide bonds. The highest BCUT2D eigenvalue weighted by Crippen LogP contribution is 2.25. The van der Waals surface area contributed by atoms with Crippen molar-refractivity contribution in [2.24, 2.45) is 0 Å². The minimum Gasteiger partial charge on any atom is -0.289 e. The average molecular weight is 378 g/mol. The SMILES string of the molecule is O=C(c1ccc(F)cc1)c1cc(S(=O)(=O)O)c(F)c(S(=O)(=O)O)c1. The number of rotatable bonds is 4. The summed E-state index contributed by atoms with van der Waals surface area (Å²) < 4.78 is 89.4. The first-order valence-electron chi connectivity index (χ1n) is 6.00. The summed E-state index contributed by atoms with van der Waals surface area (Å²) in [6.07, 6.45) is 0. The summed E-state index contributed by atoms with van der Waals surface area (Å²) in [5, 5.41) is 0. The van der Waals surface area contributed by atoms with E-state index in [9.17, 15) is 30.4 Å². The van der Waals surface area contributed by atoms with Crippen LogP contribution in [0.5, 0.6) is 0 Å². The molecule has 2 N–H and O–H groups in total. The van der Waals surface area contributed by atoms with Crippen LogP contribution in [0, 0.1) is 11.6 Å². The average Bonchev–Trinajstić information content (AvgIpc) is 2.45. The van der Waals surface area contributed by atoms with Crippen molar-refractivity contribution in [3.8, 4) is 0 Å². The van der Waals surface area contributed by atoms with Crippen LogP contribution in [0.15, 0.2) is 46.2 Å². The van der Waals surface area contributed by atoms with Gasteiger partial charge in [0.25, 0.3) is 20.2 Å². The summed E-state index contributed by atoms with van der Waals surface area (Å²) in [5.74, 6) is -3.58. The van der Waals surface area contributed by atoms with Crippen LogP contribution in [-0.4, -0.2) is 31.7 Å². The van der Waals surface area contributed by atoms with E-state index in [0.717, 1.165) is 24.3 Å². The second-order valence-corrected chi connectivity index (χ2v) is 7.35. The summed E-state index contributed by atoms with van der Waals surface area (Å²) >= 11 is 0. The van der Waals surface area contributed by atoms with E-state index in [4.69, 9.17) is 9.11 Å². The lowest BCUT2D eigenvalue weighted by Crippen LogP contribution is -2.12. The summed E-state index contributed by atoms with van der Waals surface area (Å²) in [4.78, 5) is 9.24. The molecule has 0 aliphatic heterocycles. The largest absolute Gasteiger partial charge is 0.297 e. The molecule has 0 atom stereocenters. The Labute approximate surface area is 135 Å². The van der Waals surface area contributed by atoms with Crippen LogP contribution >= 0.6 is 0 Å². The number of ketones is 1. The Kier molecular flexibility index (Phi) is 4.55. The van der Waals surface area contributed by atoms with Crippen LogP contribution in [-0.2, 0) is 20.2 Å². The number of halogens is 2. The first kappa shape index (κ1) is 18.1. The van der Waals surface area contributed by atoms with Gasteiger partial charge in [-0.05, 0) is 36.4 Å². The Morgan fingerprint density at radius 1 is 0.792 bits per heavy atom. The van der Waals surface area contributed by atoms with Crippen molar-refractivity contribution in [3.05, 3.63) is 59.2 Å². The van der Waals surface area contributed by atoms with Gasteiger partial charge in [-0.25, -0.2) is 8.78 Å². The zero-order valence-corrected chi connectivity index (χ0v) is 13.1. The van der Waals surface area contributed by atoms with E-state index < -0.39 is 53.0 Å². The van der Waals surface area contributed by atoms with E-state index in [1.807, 2.05) is 0 Å². The summed E-state index contributed by atoms with van der Waals surface area (Å²) in [7, 11) is -10.4. The lowest BCUT2D eigenvalue weighted by Gasteiger charge is -2.08. The van der Waals surface area contributed by atoms with Gasteiger partial charge in [0.15, 0.2) is 11.6 Å². The molecule has 0 heterocycles. The third-order valence-corrected chi connectivity index (χ3v) is 4.64. The van der Waals surface area contributed by atoms with E-state index in [1.54, 1.807) is 0 Å². The fourth-order valence-corrected chi connectivity index (χ4v) is 3.14. The number of hydrogen-bond acceptors (Lipinski definition) is 5. The Morgan fingerprint density at radius 2 is 1.21 bits per heavy atom. The molecule has 11 heteroatoms. The standard InChI is InChI=1S/C13H8F2O7S2/c14-9-3-1-7(2-4-9)13(16)8-5-10(23(17,18)19)12(15)11(6-8)24(20,21)22/h1-6H,(H,17,18,19)(H,20,21,22). The van der Waals surface area contributed by atoms with Crippen molar-refractivity contribution in [1.82, 2.24) is 0 Å². The predicted octanol–water partition coefficient (Wildman–Crippen LogP) is 1.69. The van der Waals surface area contributed by atoms with Crippen LogP contribution in [0.2, 0.25) is 0 Å². The van der Waals surface area contributed by atoms with Crippen LogP contribution in [0.4, 0.5) is 8.78 Å². The van der Waals surface area contributed by atoms with Crippen LogP contribution < -0.4 is 0 Å². The molecule has 0 spiro atoms. The van der Waals surface area contributed by atoms with E-state index in [0.29, 0.717) is 12.1 Å². The zero-order valence-electron chi connectivity index (χ0n) is 11.5. The molecule has 0 unspecified atom stereocenters. The van der Waals surface area contributed by atoms with Crippen LogP contribution in [0.25, 0.3) is 0 Å². The van der Waals surface area contributed by atoms with E-state index in [-0.39, 0.29) is 5.56 Å². The minimum absolute atomic E-state index is 0.161. The van der Waals surface area contributed by atoms with Gasteiger partial charge in [-0.3, -0.25) is 13.9 Å². The Bertz CT molecular complexity index is 973. The Balaban J connectivity index is 2.75. The van der Waals surface area contributed by atoms with Crippen molar-refractivity contribution in [3.63, 3.8) is 0 Å². The van der Waals surface area contributed by atoms with Crippen molar-refractivity contribution in [2.75, 3.05) is 0 Å². The quantitative estimate of drug-likeness (QED) is 0.612. The fraction of sp³-hybridized carbons (Fsp3) is 0. The maximum atomic E-state index is 13.9. The second-order valence-electron chi connectivity index (χ2n) is 4.57. The molecular weight excluding hydrogens is 370 g/mol. The smallest absolute Gasteiger partial charge is 0.289 e. The normalized spacial score (nSPS) is 12.2. The molecule has 2 rings (SSSR count). The molecule has 0 saturated carbocycles. The molecule has 0 aromatic heterocycles. The number of benzene rings is 2. The van der Waals surface area contributed by atoms with Gasteiger partial charge in [-0.1, -0.05) is 0 Å². The maximum absolute atomic E-state index is 13.9. The van der Waals surface area contributed by atoms with Crippen LogP contribution in [0.1, 0.15) is 15.9 Å². The second kappa shape index (κ2) is 6.02. The van der Waals surface area contributed by atoms with Gasteiger partial charge >= 0.3 is 0 Å². The molecule has 0 radical (unpaired) electrons. The Hall–Kier alpha value is -2.21. The van der Waals surface area contributed by atoms with E-state index in [2.05, 4.69) is 0 Å². The van der Waals surface area contributed by atoms with Gasteiger partial charge in [0.1, 0.15) is 15.6 Å². The summed E-state index contributed by atoms with van der Waals surface area (Å²) in [6, 6.07) is 4.72. The highest BCUT2D eigenvalue weighted by atomic mass is 32.2. The van der Waals surface area contributed by atoms with E-state index >= 15 is 0 Å². The molecular formula is C13H8F2O7S2. The predicted molar refractivity (Wildman–Crippen MR) is 75.9 cm³/mol. The number of carbonyl (C=O) groups is 1. The van der Waals surface area contributed by atoms with Gasteiger partial charge in [0, 0.05) is 11.1 Å². The lowest BCUT2D eigenvalue weighted by atomic mass is 10.0. The molecule has 2 aromatic carbocycles. The van der Waals surface area contributed by atoms with Crippen molar-refractivity contribution < 1.29 is 39.5 Å². The maximum Gasteiger partial charge on any atom is 0.297 e. The molecule has 0 saturated heterocycles. The molecule has 0 aliphatic rings. The van der Waals surface area contributed by atoms with Crippen LogP contribution in [0.3, 0.4) is 0 Å². The van der Waals surface area contributed by atoms with Gasteiger partial charge in [-0.2, -0.15) is 16.8 Å². The third-order valence-electron chi connectivity index (χ3n) is 2.93. The first-order chi connectivity index (χ1) is 10.9. The summed E-state index contributed by atoms with van der Waals surface area (Å²) in [6.45, 7) is 0. The highest BCUT2D eigenvalue weighted by molar-refractivity contribution is 7.86. The Morgan fingerprint density at radius 3 is 1.58 bits per heavy atom. The first-order valence-corrected chi connectivity index (χ1v) is 8.88. The minimum atomic E-state index is -5.22. The van der Waals surface area contributed by atoms with Crippen molar-refractivity contribution >= 4 is 26.0 Å². The molecule has 128 valence electrons. The molecule has 0 aliphatic carbocycles. The van der Waals surface area contributed by atoms with Gasteiger partial charge < -0.3 is 0 Å².